The molecule has 0 unspecified atom stereocenters. The van der Waals surface area contributed by atoms with E-state index in [4.69, 9.17) is 27.0 Å². The van der Waals surface area contributed by atoms with Crippen LogP contribution in [0.2, 0.25) is 0 Å². The fourth-order valence-corrected chi connectivity index (χ4v) is 3.24. The van der Waals surface area contributed by atoms with Crippen molar-refractivity contribution >= 4 is 29.3 Å². The quantitative estimate of drug-likeness (QED) is 0.487. The number of hydrogen-bond donors (Lipinski definition) is 0. The lowest BCUT2D eigenvalue weighted by molar-refractivity contribution is 0.506. The highest BCUT2D eigenvalue weighted by atomic mass is 35.9. The topological polar surface area (TPSA) is 9.23 Å². The SMILES string of the molecule is CCCCc1cc(C(C)(C)C)c(OP(Cl)Cl)c(C(C)(C)C)c1. The largest absolute Gasteiger partial charge is 0.444 e. The van der Waals surface area contributed by atoms with E-state index in [9.17, 15) is 0 Å². The molecule has 0 aromatic heterocycles. The summed E-state index contributed by atoms with van der Waals surface area (Å²) >= 11 is 12.0. The van der Waals surface area contributed by atoms with Crippen LogP contribution in [-0.2, 0) is 17.3 Å². The second kappa shape index (κ2) is 7.73. The van der Waals surface area contributed by atoms with Gasteiger partial charge < -0.3 is 4.52 Å². The Labute approximate surface area is 147 Å². The molecule has 4 heteroatoms. The van der Waals surface area contributed by atoms with Crippen molar-refractivity contribution < 1.29 is 4.52 Å². The molecule has 0 fully saturated rings. The number of benzene rings is 1. The van der Waals surface area contributed by atoms with E-state index >= 15 is 0 Å². The van der Waals surface area contributed by atoms with E-state index in [0.29, 0.717) is 0 Å². The summed E-state index contributed by atoms with van der Waals surface area (Å²) in [6, 6.07) is 4.54. The number of rotatable bonds is 5. The molecule has 0 radical (unpaired) electrons. The van der Waals surface area contributed by atoms with Gasteiger partial charge in [-0.2, -0.15) is 0 Å². The molecule has 0 bridgehead atoms. The second-order valence-electron chi connectivity index (χ2n) is 7.92. The molecule has 126 valence electrons. The van der Waals surface area contributed by atoms with E-state index in [1.54, 1.807) is 0 Å². The maximum Gasteiger partial charge on any atom is 0.284 e. The van der Waals surface area contributed by atoms with Crippen molar-refractivity contribution in [1.29, 1.82) is 0 Å². The van der Waals surface area contributed by atoms with Crippen molar-refractivity contribution in [3.8, 4) is 5.75 Å². The molecule has 0 aliphatic rings. The predicted molar refractivity (Wildman–Crippen MR) is 102 cm³/mol. The van der Waals surface area contributed by atoms with Gasteiger partial charge in [-0.1, -0.05) is 67.0 Å². The van der Waals surface area contributed by atoms with Crippen LogP contribution < -0.4 is 4.52 Å². The Morgan fingerprint density at radius 2 is 1.41 bits per heavy atom. The molecular formula is C18H29Cl2OP. The Morgan fingerprint density at radius 3 is 1.73 bits per heavy atom. The molecule has 22 heavy (non-hydrogen) atoms. The number of hydrogen-bond acceptors (Lipinski definition) is 1. The van der Waals surface area contributed by atoms with E-state index in [1.165, 1.54) is 29.5 Å². The summed E-state index contributed by atoms with van der Waals surface area (Å²) in [6.07, 6.45) is 3.49. The van der Waals surface area contributed by atoms with E-state index < -0.39 is 6.85 Å². The third kappa shape index (κ3) is 5.59. The molecule has 0 saturated heterocycles. The summed E-state index contributed by atoms with van der Waals surface area (Å²) in [6.45, 7) is 14.0. The highest BCUT2D eigenvalue weighted by Gasteiger charge is 2.29. The standard InChI is InChI=1S/C18H29Cl2OP/c1-8-9-10-13-11-14(17(2,3)4)16(21-22(19)20)15(12-13)18(5,6)7/h11-12H,8-10H2,1-7H3. The Bertz CT molecular complexity index is 464. The van der Waals surface area contributed by atoms with Crippen LogP contribution in [0.4, 0.5) is 0 Å². The lowest BCUT2D eigenvalue weighted by Crippen LogP contribution is -2.19. The van der Waals surface area contributed by atoms with E-state index in [2.05, 4.69) is 60.6 Å². The van der Waals surface area contributed by atoms with Crippen LogP contribution >= 0.6 is 29.3 Å². The molecule has 1 aromatic rings. The summed E-state index contributed by atoms with van der Waals surface area (Å²) in [5.74, 6) is 0.872. The average molecular weight is 363 g/mol. The van der Waals surface area contributed by atoms with Crippen LogP contribution in [-0.4, -0.2) is 0 Å². The monoisotopic (exact) mass is 362 g/mol. The molecule has 0 amide bonds. The summed E-state index contributed by atoms with van der Waals surface area (Å²) in [7, 11) is 0. The molecule has 1 rings (SSSR count). The van der Waals surface area contributed by atoms with Crippen LogP contribution in [0.3, 0.4) is 0 Å². The zero-order valence-corrected chi connectivity index (χ0v) is 17.3. The summed E-state index contributed by atoms with van der Waals surface area (Å²) in [5, 5.41) is 0. The summed E-state index contributed by atoms with van der Waals surface area (Å²) in [5.41, 5.74) is 3.73. The van der Waals surface area contributed by atoms with Gasteiger partial charge in [0.1, 0.15) is 5.75 Å². The van der Waals surface area contributed by atoms with Gasteiger partial charge in [-0.3, -0.25) is 0 Å². The van der Waals surface area contributed by atoms with Gasteiger partial charge in [0, 0.05) is 11.1 Å². The molecule has 0 saturated carbocycles. The van der Waals surface area contributed by atoms with Crippen LogP contribution in [0.25, 0.3) is 0 Å². The maximum atomic E-state index is 5.99. The van der Waals surface area contributed by atoms with Gasteiger partial charge in [0.2, 0.25) is 0 Å². The minimum atomic E-state index is -1.48. The lowest BCUT2D eigenvalue weighted by atomic mass is 9.78. The molecule has 0 aliphatic heterocycles. The first-order chi connectivity index (χ1) is 9.96. The first-order valence-electron chi connectivity index (χ1n) is 7.94. The Morgan fingerprint density at radius 1 is 0.955 bits per heavy atom. The van der Waals surface area contributed by atoms with Crippen molar-refractivity contribution in [1.82, 2.24) is 0 Å². The second-order valence-corrected chi connectivity index (χ2v) is 10.9. The highest BCUT2D eigenvalue weighted by Crippen LogP contribution is 2.52. The zero-order chi connectivity index (χ0) is 17.1. The van der Waals surface area contributed by atoms with Crippen molar-refractivity contribution in [2.45, 2.75) is 78.6 Å². The molecule has 0 heterocycles. The van der Waals surface area contributed by atoms with Gasteiger partial charge in [-0.15, -0.1) is 0 Å². The number of unbranched alkanes of at least 4 members (excludes halogenated alkanes) is 1. The zero-order valence-electron chi connectivity index (χ0n) is 14.9. The highest BCUT2D eigenvalue weighted by molar-refractivity contribution is 8.00. The lowest BCUT2D eigenvalue weighted by Gasteiger charge is -2.30. The first-order valence-corrected chi connectivity index (χ1v) is 11.0. The van der Waals surface area contributed by atoms with Gasteiger partial charge in [0.15, 0.2) is 0 Å². The fourth-order valence-electron chi connectivity index (χ4n) is 2.50. The summed E-state index contributed by atoms with van der Waals surface area (Å²) in [4.78, 5) is 0. The molecule has 1 aromatic carbocycles. The maximum absolute atomic E-state index is 5.99. The predicted octanol–water partition coefficient (Wildman–Crippen LogP) is 7.71. The van der Waals surface area contributed by atoms with Crippen molar-refractivity contribution in [2.24, 2.45) is 0 Å². The first kappa shape index (κ1) is 20.1. The van der Waals surface area contributed by atoms with Gasteiger partial charge >= 0.3 is 0 Å². The smallest absolute Gasteiger partial charge is 0.284 e. The third-order valence-corrected chi connectivity index (χ3v) is 4.48. The van der Waals surface area contributed by atoms with Gasteiger partial charge in [-0.25, -0.2) is 0 Å². The molecule has 0 aliphatic carbocycles. The Kier molecular flexibility index (Phi) is 7.06. The Balaban J connectivity index is 3.54. The van der Waals surface area contributed by atoms with Crippen LogP contribution in [0.5, 0.6) is 5.75 Å². The third-order valence-electron chi connectivity index (χ3n) is 3.74. The minimum Gasteiger partial charge on any atom is -0.444 e. The molecule has 0 atom stereocenters. The van der Waals surface area contributed by atoms with Crippen molar-refractivity contribution in [2.75, 3.05) is 0 Å². The molecule has 0 N–H and O–H groups in total. The van der Waals surface area contributed by atoms with Crippen LogP contribution in [0.1, 0.15) is 78.0 Å². The van der Waals surface area contributed by atoms with Gasteiger partial charge in [0.05, 0.1) is 0 Å². The van der Waals surface area contributed by atoms with E-state index in [-0.39, 0.29) is 10.8 Å². The van der Waals surface area contributed by atoms with Crippen molar-refractivity contribution in [3.05, 3.63) is 28.8 Å². The number of halogens is 2. The van der Waals surface area contributed by atoms with Crippen molar-refractivity contribution in [3.63, 3.8) is 0 Å². The molecular weight excluding hydrogens is 334 g/mol. The fraction of sp³-hybridized carbons (Fsp3) is 0.667. The molecule has 1 nitrogen and oxygen atoms in total. The van der Waals surface area contributed by atoms with E-state index in [0.717, 1.165) is 12.2 Å². The van der Waals surface area contributed by atoms with Crippen LogP contribution in [0, 0.1) is 0 Å². The normalized spacial score (nSPS) is 12.8. The number of aryl methyl sites for hydroxylation is 1. The van der Waals surface area contributed by atoms with Gasteiger partial charge in [-0.05, 0) is 51.7 Å². The molecule has 0 spiro atoms. The summed E-state index contributed by atoms with van der Waals surface area (Å²) < 4.78 is 5.88. The minimum absolute atomic E-state index is 0.0172. The van der Waals surface area contributed by atoms with Crippen LogP contribution in [0.15, 0.2) is 12.1 Å². The Hall–Kier alpha value is 0.0300. The average Bonchev–Trinajstić information content (AvgIpc) is 2.33. The van der Waals surface area contributed by atoms with Gasteiger partial charge in [0.25, 0.3) is 6.85 Å². The van der Waals surface area contributed by atoms with E-state index in [1.807, 2.05) is 0 Å².